The summed E-state index contributed by atoms with van der Waals surface area (Å²) in [6.45, 7) is 7.75. The molecule has 0 bridgehead atoms. The number of aliphatic carboxylic acids is 1. The van der Waals surface area contributed by atoms with Crippen LogP contribution in [0.25, 0.3) is 21.3 Å². The van der Waals surface area contributed by atoms with Gasteiger partial charge in [-0.05, 0) is 55.3 Å². The zero-order chi connectivity index (χ0) is 16.7. The third kappa shape index (κ3) is 2.63. The molecule has 0 saturated carbocycles. The zero-order valence-corrected chi connectivity index (χ0v) is 14.5. The highest BCUT2D eigenvalue weighted by Gasteiger charge is 2.25. The first-order chi connectivity index (χ1) is 10.9. The Labute approximate surface area is 139 Å². The van der Waals surface area contributed by atoms with Crippen molar-refractivity contribution in [3.8, 4) is 11.1 Å². The summed E-state index contributed by atoms with van der Waals surface area (Å²) in [6, 6.07) is 8.26. The van der Waals surface area contributed by atoms with E-state index in [-0.39, 0.29) is 0 Å². The SMILES string of the molecule is Cc1ccc(-c2c(C(C)C(=O)O)c(C)nc3scc(C)c23)cc1. The van der Waals surface area contributed by atoms with Crippen LogP contribution in [0.1, 0.15) is 35.2 Å². The molecule has 0 aliphatic heterocycles. The van der Waals surface area contributed by atoms with Crippen LogP contribution in [0, 0.1) is 20.8 Å². The van der Waals surface area contributed by atoms with Crippen LogP contribution in [0.4, 0.5) is 0 Å². The van der Waals surface area contributed by atoms with Crippen molar-refractivity contribution in [1.82, 2.24) is 4.98 Å². The molecular formula is C19H19NO2S. The van der Waals surface area contributed by atoms with Gasteiger partial charge in [0.2, 0.25) is 0 Å². The van der Waals surface area contributed by atoms with Gasteiger partial charge in [-0.15, -0.1) is 11.3 Å². The van der Waals surface area contributed by atoms with Crippen molar-refractivity contribution in [2.45, 2.75) is 33.6 Å². The van der Waals surface area contributed by atoms with Gasteiger partial charge in [0.15, 0.2) is 0 Å². The molecule has 1 atom stereocenters. The summed E-state index contributed by atoms with van der Waals surface area (Å²) in [7, 11) is 0. The van der Waals surface area contributed by atoms with Gasteiger partial charge in [0.05, 0.1) is 5.92 Å². The Kier molecular flexibility index (Phi) is 3.94. The molecule has 0 aliphatic rings. The molecule has 0 spiro atoms. The molecule has 1 N–H and O–H groups in total. The fourth-order valence-electron chi connectivity index (χ4n) is 3.02. The van der Waals surface area contributed by atoms with Crippen LogP contribution >= 0.6 is 11.3 Å². The molecule has 1 aromatic carbocycles. The van der Waals surface area contributed by atoms with E-state index < -0.39 is 11.9 Å². The quantitative estimate of drug-likeness (QED) is 0.731. The lowest BCUT2D eigenvalue weighted by atomic mass is 9.88. The summed E-state index contributed by atoms with van der Waals surface area (Å²) >= 11 is 1.61. The number of hydrogen-bond acceptors (Lipinski definition) is 3. The number of pyridine rings is 1. The van der Waals surface area contributed by atoms with Gasteiger partial charge in [-0.1, -0.05) is 29.8 Å². The molecule has 0 amide bonds. The van der Waals surface area contributed by atoms with Crippen LogP contribution in [0.2, 0.25) is 0 Å². The number of benzene rings is 1. The largest absolute Gasteiger partial charge is 0.481 e. The van der Waals surface area contributed by atoms with Gasteiger partial charge in [0.1, 0.15) is 4.83 Å². The summed E-state index contributed by atoms with van der Waals surface area (Å²) in [4.78, 5) is 17.3. The molecule has 1 unspecified atom stereocenters. The first-order valence-electron chi connectivity index (χ1n) is 7.58. The minimum Gasteiger partial charge on any atom is -0.481 e. The Balaban J connectivity index is 2.43. The Morgan fingerprint density at radius 3 is 2.43 bits per heavy atom. The van der Waals surface area contributed by atoms with E-state index >= 15 is 0 Å². The fraction of sp³-hybridized carbons (Fsp3) is 0.263. The summed E-state index contributed by atoms with van der Waals surface area (Å²) < 4.78 is 0. The Morgan fingerprint density at radius 1 is 1.17 bits per heavy atom. The molecule has 2 heterocycles. The summed E-state index contributed by atoms with van der Waals surface area (Å²) in [5, 5.41) is 12.7. The molecule has 23 heavy (non-hydrogen) atoms. The standard InChI is InChI=1S/C19H19NO2S/c1-10-5-7-14(8-6-10)17-15-11(2)9-23-18(15)20-13(4)16(17)12(3)19(21)22/h5-9,12H,1-4H3,(H,21,22). The molecule has 2 aromatic heterocycles. The highest BCUT2D eigenvalue weighted by molar-refractivity contribution is 7.17. The average Bonchev–Trinajstić information content (AvgIpc) is 2.87. The molecule has 0 aliphatic carbocycles. The van der Waals surface area contributed by atoms with Crippen LogP contribution in [-0.2, 0) is 4.79 Å². The third-order valence-corrected chi connectivity index (χ3v) is 5.27. The predicted molar refractivity (Wildman–Crippen MR) is 95.3 cm³/mol. The zero-order valence-electron chi connectivity index (χ0n) is 13.7. The van der Waals surface area contributed by atoms with Crippen molar-refractivity contribution in [1.29, 1.82) is 0 Å². The molecule has 118 valence electrons. The monoisotopic (exact) mass is 325 g/mol. The molecule has 0 saturated heterocycles. The Hall–Kier alpha value is -2.20. The number of aromatic nitrogens is 1. The summed E-state index contributed by atoms with van der Waals surface area (Å²) in [6.07, 6.45) is 0. The normalized spacial score (nSPS) is 12.5. The third-order valence-electron chi connectivity index (χ3n) is 4.28. The van der Waals surface area contributed by atoms with E-state index in [1.807, 2.05) is 13.8 Å². The van der Waals surface area contributed by atoms with Crippen LogP contribution < -0.4 is 0 Å². The van der Waals surface area contributed by atoms with E-state index in [4.69, 9.17) is 0 Å². The number of thiophene rings is 1. The summed E-state index contributed by atoms with van der Waals surface area (Å²) in [5.74, 6) is -1.42. The molecule has 0 fully saturated rings. The molecule has 3 rings (SSSR count). The van der Waals surface area contributed by atoms with E-state index in [0.29, 0.717) is 0 Å². The number of fused-ring (bicyclic) bond motifs is 1. The van der Waals surface area contributed by atoms with Gasteiger partial charge < -0.3 is 5.11 Å². The van der Waals surface area contributed by atoms with Crippen molar-refractivity contribution in [3.05, 3.63) is 52.0 Å². The number of carboxylic acid groups (broad SMARTS) is 1. The maximum absolute atomic E-state index is 11.6. The first kappa shape index (κ1) is 15.7. The number of carbonyl (C=O) groups is 1. The number of hydrogen-bond donors (Lipinski definition) is 1. The fourth-order valence-corrected chi connectivity index (χ4v) is 4.00. The second-order valence-corrected chi connectivity index (χ2v) is 6.87. The molecule has 3 nitrogen and oxygen atoms in total. The molecule has 0 radical (unpaired) electrons. The van der Waals surface area contributed by atoms with Crippen molar-refractivity contribution in [3.63, 3.8) is 0 Å². The number of nitrogens with zero attached hydrogens (tertiary/aromatic N) is 1. The van der Waals surface area contributed by atoms with Gasteiger partial charge in [0.25, 0.3) is 0 Å². The smallest absolute Gasteiger partial charge is 0.310 e. The molecular weight excluding hydrogens is 306 g/mol. The van der Waals surface area contributed by atoms with Crippen LogP contribution in [0.15, 0.2) is 29.6 Å². The molecule has 4 heteroatoms. The second kappa shape index (κ2) is 5.78. The lowest BCUT2D eigenvalue weighted by molar-refractivity contribution is -0.138. The predicted octanol–water partition coefficient (Wildman–Crippen LogP) is 5.08. The van der Waals surface area contributed by atoms with Crippen LogP contribution in [0.5, 0.6) is 0 Å². The highest BCUT2D eigenvalue weighted by atomic mass is 32.1. The van der Waals surface area contributed by atoms with Gasteiger partial charge >= 0.3 is 5.97 Å². The van der Waals surface area contributed by atoms with Crippen LogP contribution in [-0.4, -0.2) is 16.1 Å². The van der Waals surface area contributed by atoms with Crippen molar-refractivity contribution < 1.29 is 9.90 Å². The van der Waals surface area contributed by atoms with E-state index in [1.165, 1.54) is 5.56 Å². The minimum atomic E-state index is -0.824. The Bertz CT molecular complexity index is 894. The van der Waals surface area contributed by atoms with Crippen molar-refractivity contribution >= 4 is 27.5 Å². The van der Waals surface area contributed by atoms with Crippen molar-refractivity contribution in [2.75, 3.05) is 0 Å². The highest BCUT2D eigenvalue weighted by Crippen LogP contribution is 2.40. The first-order valence-corrected chi connectivity index (χ1v) is 8.46. The number of carboxylic acids is 1. The maximum Gasteiger partial charge on any atom is 0.310 e. The van der Waals surface area contributed by atoms with E-state index in [1.54, 1.807) is 18.3 Å². The topological polar surface area (TPSA) is 50.2 Å². The average molecular weight is 325 g/mol. The summed E-state index contributed by atoms with van der Waals surface area (Å²) in [5.41, 5.74) is 6.01. The van der Waals surface area contributed by atoms with Crippen molar-refractivity contribution in [2.24, 2.45) is 0 Å². The number of aryl methyl sites for hydroxylation is 3. The van der Waals surface area contributed by atoms with Gasteiger partial charge in [-0.25, -0.2) is 4.98 Å². The van der Waals surface area contributed by atoms with Gasteiger partial charge in [0, 0.05) is 11.1 Å². The lowest BCUT2D eigenvalue weighted by Crippen LogP contribution is -2.12. The molecule has 3 aromatic rings. The van der Waals surface area contributed by atoms with E-state index in [0.717, 1.165) is 38.2 Å². The second-order valence-electron chi connectivity index (χ2n) is 6.01. The minimum absolute atomic E-state index is 0.595. The Morgan fingerprint density at radius 2 is 1.83 bits per heavy atom. The van der Waals surface area contributed by atoms with E-state index in [2.05, 4.69) is 41.6 Å². The van der Waals surface area contributed by atoms with Gasteiger partial charge in [-0.2, -0.15) is 0 Å². The maximum atomic E-state index is 11.6. The van der Waals surface area contributed by atoms with Gasteiger partial charge in [-0.3, -0.25) is 4.79 Å². The van der Waals surface area contributed by atoms with Crippen LogP contribution in [0.3, 0.4) is 0 Å². The number of rotatable bonds is 3. The lowest BCUT2D eigenvalue weighted by Gasteiger charge is -2.18. The van der Waals surface area contributed by atoms with E-state index in [9.17, 15) is 9.90 Å².